The van der Waals surface area contributed by atoms with Crippen molar-refractivity contribution < 1.29 is 18.7 Å². The molecule has 2 aromatic carbocycles. The lowest BCUT2D eigenvalue weighted by molar-refractivity contribution is 0.0950. The third-order valence-electron chi connectivity index (χ3n) is 4.06. The van der Waals surface area contributed by atoms with E-state index in [1.54, 1.807) is 56.7 Å². The van der Waals surface area contributed by atoms with Crippen LogP contribution in [-0.2, 0) is 6.54 Å². The van der Waals surface area contributed by atoms with Crippen LogP contribution in [-0.4, -0.2) is 25.1 Å². The molecule has 0 spiro atoms. The fourth-order valence-electron chi connectivity index (χ4n) is 2.54. The van der Waals surface area contributed by atoms with Crippen molar-refractivity contribution in [1.82, 2.24) is 10.3 Å². The highest BCUT2D eigenvalue weighted by atomic mass is 19.1. The summed E-state index contributed by atoms with van der Waals surface area (Å²) in [5.74, 6) is 1.31. The predicted octanol–water partition coefficient (Wildman–Crippen LogP) is 3.91. The van der Waals surface area contributed by atoms with Gasteiger partial charge in [-0.25, -0.2) is 9.37 Å². The number of nitrogens with zero attached hydrogens (tertiary/aromatic N) is 1. The lowest BCUT2D eigenvalue weighted by Crippen LogP contribution is -2.22. The van der Waals surface area contributed by atoms with E-state index in [4.69, 9.17) is 9.47 Å². The molecule has 3 rings (SSSR count). The second-order valence-electron chi connectivity index (χ2n) is 5.93. The smallest absolute Gasteiger partial charge is 0.253 e. The Morgan fingerprint density at radius 3 is 2.46 bits per heavy atom. The number of carbonyl (C=O) groups is 1. The number of benzene rings is 2. The molecular weight excluding hydrogens is 361 g/mol. The number of rotatable bonds is 7. The average Bonchev–Trinajstić information content (AvgIpc) is 2.73. The Morgan fingerprint density at radius 1 is 1.04 bits per heavy atom. The van der Waals surface area contributed by atoms with Gasteiger partial charge in [-0.2, -0.15) is 0 Å². The molecule has 0 atom stereocenters. The number of aromatic nitrogens is 1. The van der Waals surface area contributed by atoms with Crippen LogP contribution in [0.25, 0.3) is 0 Å². The zero-order chi connectivity index (χ0) is 19.9. The van der Waals surface area contributed by atoms with Crippen LogP contribution in [0.2, 0.25) is 0 Å². The van der Waals surface area contributed by atoms with Gasteiger partial charge in [-0.3, -0.25) is 4.79 Å². The summed E-state index contributed by atoms with van der Waals surface area (Å²) in [5, 5.41) is 5.92. The van der Waals surface area contributed by atoms with Gasteiger partial charge < -0.3 is 20.1 Å². The van der Waals surface area contributed by atoms with Gasteiger partial charge in [0.1, 0.15) is 23.1 Å². The van der Waals surface area contributed by atoms with Crippen LogP contribution in [0.5, 0.6) is 11.5 Å². The minimum Gasteiger partial charge on any atom is -0.497 e. The Bertz CT molecular complexity index is 944. The number of methoxy groups -OCH3 is 2. The van der Waals surface area contributed by atoms with Gasteiger partial charge in [0, 0.05) is 18.8 Å². The fourth-order valence-corrected chi connectivity index (χ4v) is 2.54. The highest BCUT2D eigenvalue weighted by Gasteiger charge is 2.09. The van der Waals surface area contributed by atoms with Crippen LogP contribution in [0.4, 0.5) is 15.9 Å². The summed E-state index contributed by atoms with van der Waals surface area (Å²) in [7, 11) is 3.16. The number of pyridine rings is 1. The highest BCUT2D eigenvalue weighted by Crippen LogP contribution is 2.30. The summed E-state index contributed by atoms with van der Waals surface area (Å²) in [6.45, 7) is 0.306. The Kier molecular flexibility index (Phi) is 6.06. The first-order chi connectivity index (χ1) is 13.6. The van der Waals surface area contributed by atoms with E-state index in [0.29, 0.717) is 35.1 Å². The van der Waals surface area contributed by atoms with E-state index in [0.717, 1.165) is 5.56 Å². The van der Waals surface area contributed by atoms with Crippen molar-refractivity contribution in [2.75, 3.05) is 19.5 Å². The molecule has 1 aromatic heterocycles. The number of ether oxygens (including phenoxy) is 2. The van der Waals surface area contributed by atoms with Crippen molar-refractivity contribution in [2.24, 2.45) is 0 Å². The summed E-state index contributed by atoms with van der Waals surface area (Å²) >= 11 is 0. The second-order valence-corrected chi connectivity index (χ2v) is 5.93. The van der Waals surface area contributed by atoms with E-state index >= 15 is 0 Å². The maximum absolute atomic E-state index is 12.9. The first kappa shape index (κ1) is 19.2. The third-order valence-corrected chi connectivity index (χ3v) is 4.06. The van der Waals surface area contributed by atoms with Crippen LogP contribution in [0, 0.1) is 5.82 Å². The second kappa shape index (κ2) is 8.85. The number of halogens is 1. The van der Waals surface area contributed by atoms with Crippen molar-refractivity contribution in [3.63, 3.8) is 0 Å². The molecule has 6 nitrogen and oxygen atoms in total. The molecule has 0 saturated carbocycles. The summed E-state index contributed by atoms with van der Waals surface area (Å²) in [6, 6.07) is 14.7. The minimum absolute atomic E-state index is 0.262. The Balaban J connectivity index is 1.64. The molecule has 0 unspecified atom stereocenters. The highest BCUT2D eigenvalue weighted by molar-refractivity contribution is 5.94. The fraction of sp³-hybridized carbons (Fsp3) is 0.143. The SMILES string of the molecule is COc1ccc(OC)c(Nc2ccc(C(=O)NCc3ccc(F)cc3)cn2)c1. The molecule has 0 aliphatic carbocycles. The van der Waals surface area contributed by atoms with E-state index in [1.807, 2.05) is 0 Å². The first-order valence-corrected chi connectivity index (χ1v) is 8.57. The molecular formula is C21H20FN3O3. The number of amides is 1. The molecule has 0 fully saturated rings. The molecule has 144 valence electrons. The largest absolute Gasteiger partial charge is 0.497 e. The number of nitrogens with one attached hydrogen (secondary N) is 2. The van der Waals surface area contributed by atoms with Gasteiger partial charge in [0.2, 0.25) is 0 Å². The molecule has 1 heterocycles. The third kappa shape index (κ3) is 4.76. The number of anilines is 2. The van der Waals surface area contributed by atoms with Gasteiger partial charge in [0.25, 0.3) is 5.91 Å². The summed E-state index contributed by atoms with van der Waals surface area (Å²) < 4.78 is 23.5. The Labute approximate surface area is 162 Å². The zero-order valence-corrected chi connectivity index (χ0v) is 15.5. The van der Waals surface area contributed by atoms with Crippen molar-refractivity contribution in [3.8, 4) is 11.5 Å². The van der Waals surface area contributed by atoms with Crippen LogP contribution in [0.3, 0.4) is 0 Å². The molecule has 1 amide bonds. The zero-order valence-electron chi connectivity index (χ0n) is 15.5. The van der Waals surface area contributed by atoms with Gasteiger partial charge in [0.15, 0.2) is 0 Å². The maximum atomic E-state index is 12.9. The lowest BCUT2D eigenvalue weighted by atomic mass is 10.2. The summed E-state index contributed by atoms with van der Waals surface area (Å²) in [6.07, 6.45) is 1.48. The topological polar surface area (TPSA) is 72.5 Å². The molecule has 28 heavy (non-hydrogen) atoms. The quantitative estimate of drug-likeness (QED) is 0.649. The van der Waals surface area contributed by atoms with Gasteiger partial charge in [-0.15, -0.1) is 0 Å². The van der Waals surface area contributed by atoms with Gasteiger partial charge >= 0.3 is 0 Å². The Morgan fingerprint density at radius 2 is 1.82 bits per heavy atom. The monoisotopic (exact) mass is 381 g/mol. The van der Waals surface area contributed by atoms with Gasteiger partial charge in [-0.05, 0) is 42.0 Å². The molecule has 3 aromatic rings. The average molecular weight is 381 g/mol. The summed E-state index contributed by atoms with van der Waals surface area (Å²) in [5.41, 5.74) is 1.93. The molecule has 2 N–H and O–H groups in total. The summed E-state index contributed by atoms with van der Waals surface area (Å²) in [4.78, 5) is 16.5. The van der Waals surface area contributed by atoms with Crippen LogP contribution in [0.1, 0.15) is 15.9 Å². The molecule has 0 radical (unpaired) electrons. The van der Waals surface area contributed by atoms with Crippen LogP contribution < -0.4 is 20.1 Å². The number of hydrogen-bond acceptors (Lipinski definition) is 5. The normalized spacial score (nSPS) is 10.2. The van der Waals surface area contributed by atoms with E-state index in [9.17, 15) is 9.18 Å². The maximum Gasteiger partial charge on any atom is 0.253 e. The molecule has 7 heteroatoms. The predicted molar refractivity (Wildman–Crippen MR) is 105 cm³/mol. The van der Waals surface area contributed by atoms with Gasteiger partial charge in [0.05, 0.1) is 25.5 Å². The Hall–Kier alpha value is -3.61. The van der Waals surface area contributed by atoms with Gasteiger partial charge in [-0.1, -0.05) is 12.1 Å². The number of carbonyl (C=O) groups excluding carboxylic acids is 1. The van der Waals surface area contributed by atoms with Crippen molar-refractivity contribution in [2.45, 2.75) is 6.54 Å². The van der Waals surface area contributed by atoms with Crippen LogP contribution in [0.15, 0.2) is 60.8 Å². The van der Waals surface area contributed by atoms with E-state index in [1.165, 1.54) is 18.3 Å². The minimum atomic E-state index is -0.310. The first-order valence-electron chi connectivity index (χ1n) is 8.57. The molecule has 0 bridgehead atoms. The van der Waals surface area contributed by atoms with Crippen molar-refractivity contribution in [3.05, 3.63) is 77.7 Å². The van der Waals surface area contributed by atoms with E-state index < -0.39 is 0 Å². The van der Waals surface area contributed by atoms with Crippen LogP contribution >= 0.6 is 0 Å². The molecule has 0 saturated heterocycles. The molecule has 0 aliphatic heterocycles. The van der Waals surface area contributed by atoms with E-state index in [-0.39, 0.29) is 11.7 Å². The molecule has 0 aliphatic rings. The standard InChI is InChI=1S/C21H20FN3O3/c1-27-17-8-9-19(28-2)18(11-17)25-20-10-5-15(13-23-20)21(26)24-12-14-3-6-16(22)7-4-14/h3-11,13H,12H2,1-2H3,(H,23,25)(H,24,26). The van der Waals surface area contributed by atoms with Crippen molar-refractivity contribution in [1.29, 1.82) is 0 Å². The van der Waals surface area contributed by atoms with E-state index in [2.05, 4.69) is 15.6 Å². The number of hydrogen-bond donors (Lipinski definition) is 2. The van der Waals surface area contributed by atoms with Crippen molar-refractivity contribution >= 4 is 17.4 Å². The lowest BCUT2D eigenvalue weighted by Gasteiger charge is -2.12.